The first-order valence-corrected chi connectivity index (χ1v) is 7.89. The highest BCUT2D eigenvalue weighted by molar-refractivity contribution is 9.10. The van der Waals surface area contributed by atoms with Crippen LogP contribution in [0, 0.1) is 11.7 Å². The second kappa shape index (κ2) is 6.49. The number of nitrogens with two attached hydrogens (primary N) is 1. The fourth-order valence-electron chi connectivity index (χ4n) is 1.78. The van der Waals surface area contributed by atoms with Crippen molar-refractivity contribution < 1.29 is 12.8 Å². The topological polar surface area (TPSA) is 72.2 Å². The van der Waals surface area contributed by atoms with Gasteiger partial charge >= 0.3 is 0 Å². The van der Waals surface area contributed by atoms with Gasteiger partial charge in [0.25, 0.3) is 0 Å². The first-order chi connectivity index (χ1) is 8.44. The van der Waals surface area contributed by atoms with Gasteiger partial charge in [-0.1, -0.05) is 0 Å². The van der Waals surface area contributed by atoms with E-state index in [-0.39, 0.29) is 29.9 Å². The van der Waals surface area contributed by atoms with Crippen molar-refractivity contribution in [1.82, 2.24) is 4.72 Å². The van der Waals surface area contributed by atoms with Crippen LogP contribution in [0.2, 0.25) is 0 Å². The maximum atomic E-state index is 13.1. The molecule has 1 fully saturated rings. The molecule has 1 aromatic carbocycles. The Morgan fingerprint density at radius 2 is 2.11 bits per heavy atom. The Morgan fingerprint density at radius 3 is 2.63 bits per heavy atom. The van der Waals surface area contributed by atoms with E-state index in [1.54, 1.807) is 0 Å². The van der Waals surface area contributed by atoms with E-state index in [9.17, 15) is 12.8 Å². The van der Waals surface area contributed by atoms with E-state index >= 15 is 0 Å². The Labute approximate surface area is 126 Å². The molecule has 2 rings (SSSR count). The lowest BCUT2D eigenvalue weighted by atomic mass is 10.2. The zero-order valence-electron chi connectivity index (χ0n) is 9.97. The summed E-state index contributed by atoms with van der Waals surface area (Å²) < 4.78 is 40.3. The third-order valence-corrected chi connectivity index (χ3v) is 5.42. The average molecular weight is 374 g/mol. The summed E-state index contributed by atoms with van der Waals surface area (Å²) in [4.78, 5) is -0.0957. The van der Waals surface area contributed by atoms with E-state index in [1.807, 2.05) is 0 Å². The maximum absolute atomic E-state index is 13.1. The highest BCUT2D eigenvalue weighted by Crippen LogP contribution is 2.33. The van der Waals surface area contributed by atoms with E-state index in [0.717, 1.165) is 18.9 Å². The summed E-state index contributed by atoms with van der Waals surface area (Å²) in [7, 11) is -3.75. The third kappa shape index (κ3) is 4.13. The van der Waals surface area contributed by atoms with Crippen LogP contribution in [0.5, 0.6) is 0 Å². The lowest BCUT2D eigenvalue weighted by Crippen LogP contribution is -2.41. The van der Waals surface area contributed by atoms with Crippen molar-refractivity contribution in [3.63, 3.8) is 0 Å². The maximum Gasteiger partial charge on any atom is 0.242 e. The molecule has 0 radical (unpaired) electrons. The Kier molecular flexibility index (Phi) is 5.76. The van der Waals surface area contributed by atoms with Crippen molar-refractivity contribution in [2.24, 2.45) is 11.7 Å². The molecule has 0 saturated heterocycles. The summed E-state index contributed by atoms with van der Waals surface area (Å²) in [6.07, 6.45) is 1.96. The quantitative estimate of drug-likeness (QED) is 0.829. The molecule has 1 saturated carbocycles. The molecule has 1 aromatic rings. The van der Waals surface area contributed by atoms with Crippen molar-refractivity contribution in [1.29, 1.82) is 0 Å². The van der Waals surface area contributed by atoms with Crippen LogP contribution in [0.25, 0.3) is 0 Å². The van der Waals surface area contributed by atoms with Crippen molar-refractivity contribution in [3.05, 3.63) is 28.5 Å². The van der Waals surface area contributed by atoms with Gasteiger partial charge in [-0.15, -0.1) is 12.4 Å². The number of rotatable bonds is 5. The molecule has 0 aliphatic heterocycles. The van der Waals surface area contributed by atoms with Gasteiger partial charge in [0.1, 0.15) is 5.82 Å². The zero-order chi connectivity index (χ0) is 13.3. The minimum atomic E-state index is -3.75. The predicted molar refractivity (Wildman–Crippen MR) is 77.2 cm³/mol. The van der Waals surface area contributed by atoms with E-state index in [2.05, 4.69) is 20.7 Å². The lowest BCUT2D eigenvalue weighted by Gasteiger charge is -2.16. The van der Waals surface area contributed by atoms with E-state index in [0.29, 0.717) is 10.4 Å². The fraction of sp³-hybridized carbons (Fsp3) is 0.455. The Balaban J connectivity index is 0.00000180. The van der Waals surface area contributed by atoms with Crippen LogP contribution >= 0.6 is 28.3 Å². The molecule has 0 heterocycles. The van der Waals surface area contributed by atoms with Gasteiger partial charge in [0.15, 0.2) is 0 Å². The molecule has 0 spiro atoms. The van der Waals surface area contributed by atoms with Crippen LogP contribution in [-0.4, -0.2) is 21.0 Å². The Hall–Kier alpha value is -0.210. The number of nitrogens with one attached hydrogen (secondary N) is 1. The lowest BCUT2D eigenvalue weighted by molar-refractivity contribution is 0.518. The number of halogens is 3. The van der Waals surface area contributed by atoms with E-state index in [1.165, 1.54) is 12.1 Å². The summed E-state index contributed by atoms with van der Waals surface area (Å²) >= 11 is 3.11. The molecule has 1 atom stereocenters. The van der Waals surface area contributed by atoms with Crippen LogP contribution in [0.3, 0.4) is 0 Å². The minimum Gasteiger partial charge on any atom is -0.329 e. The number of benzene rings is 1. The van der Waals surface area contributed by atoms with Gasteiger partial charge < -0.3 is 5.73 Å². The van der Waals surface area contributed by atoms with Crippen LogP contribution < -0.4 is 10.5 Å². The molecule has 108 valence electrons. The van der Waals surface area contributed by atoms with Gasteiger partial charge in [0, 0.05) is 17.1 Å². The monoisotopic (exact) mass is 372 g/mol. The smallest absolute Gasteiger partial charge is 0.242 e. The van der Waals surface area contributed by atoms with Crippen molar-refractivity contribution in [2.45, 2.75) is 23.8 Å². The normalized spacial score (nSPS) is 16.8. The second-order valence-electron chi connectivity index (χ2n) is 4.38. The van der Waals surface area contributed by atoms with Crippen LogP contribution in [0.1, 0.15) is 12.8 Å². The first kappa shape index (κ1) is 16.8. The molecule has 1 aliphatic rings. The van der Waals surface area contributed by atoms with Gasteiger partial charge in [-0.2, -0.15) is 0 Å². The Bertz CT molecular complexity index is 552. The van der Waals surface area contributed by atoms with Crippen LogP contribution in [0.15, 0.2) is 27.6 Å². The summed E-state index contributed by atoms with van der Waals surface area (Å²) in [6.45, 7) is 0.247. The minimum absolute atomic E-state index is 0. The summed E-state index contributed by atoms with van der Waals surface area (Å²) in [5.74, 6) is -0.286. The highest BCUT2D eigenvalue weighted by Gasteiger charge is 2.33. The van der Waals surface area contributed by atoms with Crippen molar-refractivity contribution >= 4 is 38.4 Å². The molecular formula is C11H15BrClFN2O2S. The summed E-state index contributed by atoms with van der Waals surface area (Å²) in [5, 5.41) is 0. The average Bonchev–Trinajstić information content (AvgIpc) is 3.13. The molecule has 0 amide bonds. The molecule has 1 aliphatic carbocycles. The molecule has 0 bridgehead atoms. The van der Waals surface area contributed by atoms with E-state index < -0.39 is 15.8 Å². The summed E-state index contributed by atoms with van der Waals surface area (Å²) in [5.41, 5.74) is 5.55. The molecule has 1 unspecified atom stereocenters. The van der Waals surface area contributed by atoms with Crippen LogP contribution in [-0.2, 0) is 10.0 Å². The molecule has 4 nitrogen and oxygen atoms in total. The molecule has 8 heteroatoms. The summed E-state index contributed by atoms with van der Waals surface area (Å²) in [6, 6.07) is 3.29. The SMILES string of the molecule is Cl.NCC(NS(=O)(=O)c1cc(F)ccc1Br)C1CC1. The third-order valence-electron chi connectivity index (χ3n) is 2.93. The number of hydrogen-bond acceptors (Lipinski definition) is 3. The van der Waals surface area contributed by atoms with Crippen molar-refractivity contribution in [2.75, 3.05) is 6.54 Å². The zero-order valence-corrected chi connectivity index (χ0v) is 13.2. The van der Waals surface area contributed by atoms with Crippen molar-refractivity contribution in [3.8, 4) is 0 Å². The Morgan fingerprint density at radius 1 is 1.47 bits per heavy atom. The van der Waals surface area contributed by atoms with Gasteiger partial charge in [0.05, 0.1) is 4.90 Å². The fourth-order valence-corrected chi connectivity index (χ4v) is 4.07. The second-order valence-corrected chi connectivity index (χ2v) is 6.91. The van der Waals surface area contributed by atoms with Crippen LogP contribution in [0.4, 0.5) is 4.39 Å². The number of sulfonamides is 1. The number of hydrogen-bond donors (Lipinski definition) is 2. The predicted octanol–water partition coefficient (Wildman–Crippen LogP) is 2.03. The van der Waals surface area contributed by atoms with E-state index in [4.69, 9.17) is 5.73 Å². The molecule has 19 heavy (non-hydrogen) atoms. The molecule has 0 aromatic heterocycles. The van der Waals surface area contributed by atoms with Gasteiger partial charge in [-0.05, 0) is 52.9 Å². The molecular weight excluding hydrogens is 359 g/mol. The van der Waals surface area contributed by atoms with Gasteiger partial charge in [0.2, 0.25) is 10.0 Å². The standard InChI is InChI=1S/C11H14BrFN2O2S.ClH/c12-9-4-3-8(13)5-11(9)18(16,17)15-10(6-14)7-1-2-7;/h3-5,7,10,15H,1-2,6,14H2;1H. The largest absolute Gasteiger partial charge is 0.329 e. The van der Waals surface area contributed by atoms with Gasteiger partial charge in [-0.25, -0.2) is 17.5 Å². The molecule has 3 N–H and O–H groups in total. The van der Waals surface area contributed by atoms with Gasteiger partial charge in [-0.3, -0.25) is 0 Å². The first-order valence-electron chi connectivity index (χ1n) is 5.61. The highest BCUT2D eigenvalue weighted by atomic mass is 79.9.